The Morgan fingerprint density at radius 2 is 1.42 bits per heavy atom. The molecule has 0 radical (unpaired) electrons. The number of amides is 4. The van der Waals surface area contributed by atoms with Crippen LogP contribution in [0.4, 0.5) is 10.5 Å². The van der Waals surface area contributed by atoms with Gasteiger partial charge in [0, 0.05) is 10.8 Å². The summed E-state index contributed by atoms with van der Waals surface area (Å²) in [5.41, 5.74) is 8.56. The fourth-order valence-corrected chi connectivity index (χ4v) is 4.00. The van der Waals surface area contributed by atoms with Crippen LogP contribution in [-0.2, 0) is 20.2 Å². The van der Waals surface area contributed by atoms with E-state index in [1.54, 1.807) is 0 Å². The molecule has 2 aromatic carbocycles. The van der Waals surface area contributed by atoms with Crippen molar-refractivity contribution < 1.29 is 143 Å². The predicted molar refractivity (Wildman–Crippen MR) is 90.4 cm³/mol. The average Bonchev–Trinajstić information content (AvgIpc) is 2.58. The van der Waals surface area contributed by atoms with Crippen molar-refractivity contribution in [1.82, 2.24) is 10.1 Å². The van der Waals surface area contributed by atoms with Gasteiger partial charge < -0.3 is 20.6 Å². The van der Waals surface area contributed by atoms with Crippen LogP contribution >= 0.6 is 0 Å². The van der Waals surface area contributed by atoms with Crippen LogP contribution in [-0.4, -0.2) is 53.9 Å². The topological polar surface area (TPSA) is 250 Å². The van der Waals surface area contributed by atoms with Gasteiger partial charge in [0.05, 0.1) is 26.6 Å². The molecule has 0 fully saturated rings. The third-order valence-electron chi connectivity index (χ3n) is 4.06. The van der Waals surface area contributed by atoms with Crippen molar-refractivity contribution >= 4 is 54.5 Å². The molecule has 0 unspecified atom stereocenters. The number of urea groups is 1. The van der Waals surface area contributed by atoms with Gasteiger partial charge in [0.15, 0.2) is 0 Å². The smallest absolute Gasteiger partial charge is 0.744 e. The minimum Gasteiger partial charge on any atom is -0.744 e. The number of primary amides is 1. The van der Waals surface area contributed by atoms with Gasteiger partial charge in [-0.2, -0.15) is 10.1 Å². The average molecular weight is 522 g/mol. The van der Waals surface area contributed by atoms with E-state index in [1.165, 1.54) is 0 Å². The zero-order valence-corrected chi connectivity index (χ0v) is 23.7. The summed E-state index contributed by atoms with van der Waals surface area (Å²) >= 11 is 0. The second kappa shape index (κ2) is 9.68. The summed E-state index contributed by atoms with van der Waals surface area (Å²) in [7, 11) is -10.5. The Kier molecular flexibility index (Phi) is 9.05. The molecule has 0 saturated carbocycles. The van der Waals surface area contributed by atoms with Crippen LogP contribution in [0.2, 0.25) is 0 Å². The van der Waals surface area contributed by atoms with Crippen LogP contribution < -0.4 is 120 Å². The maximum Gasteiger partial charge on any atom is 1.00 e. The molecular formula is C13H9K2N5O9S2. The number of nitrogens with zero attached hydrogens (tertiary/aromatic N) is 2. The van der Waals surface area contributed by atoms with Gasteiger partial charge in [-0.05, 0) is 18.2 Å². The van der Waals surface area contributed by atoms with Crippen LogP contribution in [0.3, 0.4) is 0 Å². The van der Waals surface area contributed by atoms with Gasteiger partial charge in [-0.1, -0.05) is 0 Å². The van der Waals surface area contributed by atoms with Crippen molar-refractivity contribution in [3.63, 3.8) is 0 Å². The molecule has 3 rings (SSSR count). The Hall–Kier alpha value is -0.0373. The number of benzene rings is 2. The number of carbonyl (C=O) groups excluding carboxylic acids is 3. The Balaban J connectivity index is 0.00000240. The molecule has 0 aromatic heterocycles. The van der Waals surface area contributed by atoms with Crippen molar-refractivity contribution in [2.24, 2.45) is 11.6 Å². The monoisotopic (exact) mass is 521 g/mol. The van der Waals surface area contributed by atoms with E-state index in [4.69, 9.17) is 17.3 Å². The molecule has 0 bridgehead atoms. The summed E-state index contributed by atoms with van der Waals surface area (Å²) in [4.78, 5) is 34.6. The first-order valence-corrected chi connectivity index (χ1v) is 10.0. The molecule has 18 heteroatoms. The summed E-state index contributed by atoms with van der Waals surface area (Å²) < 4.78 is 69.0. The fraction of sp³-hybridized carbons (Fsp3) is 0. The minimum atomic E-state index is -5.28. The molecule has 31 heavy (non-hydrogen) atoms. The van der Waals surface area contributed by atoms with Crippen LogP contribution in [0, 0.1) is 0 Å². The van der Waals surface area contributed by atoms with Crippen LogP contribution in [0.1, 0.15) is 20.7 Å². The van der Waals surface area contributed by atoms with Crippen molar-refractivity contribution in [1.29, 1.82) is 0 Å². The van der Waals surface area contributed by atoms with Gasteiger partial charge >= 0.3 is 109 Å². The number of nitrogen functional groups attached to an aromatic ring is 1. The van der Waals surface area contributed by atoms with Crippen LogP contribution in [0.5, 0.6) is 0 Å². The molecule has 2 aromatic rings. The SMILES string of the molecule is NC(=O)N(N)N1C(=O)c2cc(S(=O)(=O)[O-])cc3c(N)c(S(=O)(=O)[O-])cc(c23)C1=O.[K+].[K+]. The Morgan fingerprint density at radius 1 is 0.935 bits per heavy atom. The first-order valence-electron chi connectivity index (χ1n) is 7.21. The number of hydrogen-bond donors (Lipinski definition) is 3. The van der Waals surface area contributed by atoms with E-state index in [1.807, 2.05) is 0 Å². The molecule has 4 amide bonds. The van der Waals surface area contributed by atoms with Crippen molar-refractivity contribution in [3.05, 3.63) is 29.3 Å². The van der Waals surface area contributed by atoms with E-state index in [0.29, 0.717) is 18.2 Å². The number of anilines is 1. The standard InChI is InChI=1S/C13H11N5O9S2.2K/c14-10-5-1-4(28(22,23)24)2-6-9(5)7(3-8(10)29(25,26)27)12(20)17(11(6)19)18(16)13(15)21;;/h1-3H,14,16H2,(H2,15,21)(H,22,23,24)(H,25,26,27);;/q;2*+1/p-2. The molecule has 154 valence electrons. The molecule has 0 aliphatic carbocycles. The van der Waals surface area contributed by atoms with E-state index in [0.717, 1.165) is 0 Å². The fourth-order valence-electron chi connectivity index (χ4n) is 2.84. The Bertz CT molecular complexity index is 1340. The zero-order chi connectivity index (χ0) is 22.0. The molecule has 1 aliphatic rings. The van der Waals surface area contributed by atoms with Crippen LogP contribution in [0.15, 0.2) is 28.0 Å². The normalized spacial score (nSPS) is 13.5. The zero-order valence-electron chi connectivity index (χ0n) is 15.8. The van der Waals surface area contributed by atoms with Gasteiger partial charge in [-0.25, -0.2) is 27.5 Å². The Morgan fingerprint density at radius 3 is 1.84 bits per heavy atom. The number of hydrogen-bond acceptors (Lipinski definition) is 11. The summed E-state index contributed by atoms with van der Waals surface area (Å²) in [5, 5.41) is -0.989. The summed E-state index contributed by atoms with van der Waals surface area (Å²) in [5.74, 6) is 2.59. The molecule has 0 spiro atoms. The quantitative estimate of drug-likeness (QED) is 0.0650. The maximum absolute atomic E-state index is 12.7. The van der Waals surface area contributed by atoms with Crippen molar-refractivity contribution in [2.45, 2.75) is 9.79 Å². The van der Waals surface area contributed by atoms with Crippen molar-refractivity contribution in [2.75, 3.05) is 5.73 Å². The van der Waals surface area contributed by atoms with E-state index in [9.17, 15) is 40.3 Å². The minimum absolute atomic E-state index is 0. The van der Waals surface area contributed by atoms with Gasteiger partial charge in [-0.15, -0.1) is 0 Å². The third kappa shape index (κ3) is 5.07. The number of rotatable bonds is 3. The Labute approximate surface area is 259 Å². The number of nitrogens with two attached hydrogens (primary N) is 3. The summed E-state index contributed by atoms with van der Waals surface area (Å²) in [6, 6.07) is 0.284. The molecule has 6 N–H and O–H groups in total. The second-order valence-electron chi connectivity index (χ2n) is 5.74. The summed E-state index contributed by atoms with van der Waals surface area (Å²) in [6.07, 6.45) is 0. The number of imide groups is 1. The maximum atomic E-state index is 12.7. The number of carbonyl (C=O) groups is 3. The molecule has 1 aliphatic heterocycles. The molecule has 0 atom stereocenters. The van der Waals surface area contributed by atoms with E-state index < -0.39 is 70.1 Å². The van der Waals surface area contributed by atoms with E-state index >= 15 is 0 Å². The molecule has 0 saturated heterocycles. The van der Waals surface area contributed by atoms with Gasteiger partial charge in [0.25, 0.3) is 11.8 Å². The first kappa shape index (κ1) is 29.0. The number of hydrazine groups is 2. The van der Waals surface area contributed by atoms with Gasteiger partial charge in [0.1, 0.15) is 20.2 Å². The van der Waals surface area contributed by atoms with E-state index in [2.05, 4.69) is 0 Å². The molecular weight excluding hydrogens is 512 g/mol. The second-order valence-corrected chi connectivity index (χ2v) is 8.47. The van der Waals surface area contributed by atoms with E-state index in [-0.39, 0.29) is 118 Å². The first-order chi connectivity index (χ1) is 13.2. The van der Waals surface area contributed by atoms with Crippen LogP contribution in [0.25, 0.3) is 10.8 Å². The largest absolute Gasteiger partial charge is 1.00 e. The summed E-state index contributed by atoms with van der Waals surface area (Å²) in [6.45, 7) is 0. The van der Waals surface area contributed by atoms with Gasteiger partial charge in [0.2, 0.25) is 0 Å². The van der Waals surface area contributed by atoms with Gasteiger partial charge in [-0.3, -0.25) is 9.59 Å². The predicted octanol–water partition coefficient (Wildman–Crippen LogP) is -8.00. The molecule has 1 heterocycles. The van der Waals surface area contributed by atoms with Crippen molar-refractivity contribution in [3.8, 4) is 0 Å². The third-order valence-corrected chi connectivity index (χ3v) is 5.75. The molecule has 14 nitrogen and oxygen atoms in total.